The van der Waals surface area contributed by atoms with E-state index in [-0.39, 0.29) is 11.3 Å². The number of nitrogens with zero attached hydrogens (tertiary/aromatic N) is 1. The van der Waals surface area contributed by atoms with E-state index in [1.165, 1.54) is 0 Å². The quantitative estimate of drug-likeness (QED) is 0.740. The largest absolute Gasteiger partial charge is 0.480 e. The van der Waals surface area contributed by atoms with Crippen LogP contribution in [0.4, 0.5) is 4.79 Å². The molecule has 0 bridgehead atoms. The monoisotopic (exact) mass is 268 g/mol. The summed E-state index contributed by atoms with van der Waals surface area (Å²) in [5, 5.41) is 11.5. The minimum Gasteiger partial charge on any atom is -0.480 e. The van der Waals surface area contributed by atoms with Crippen LogP contribution in [-0.4, -0.2) is 40.0 Å². The van der Waals surface area contributed by atoms with Gasteiger partial charge in [-0.1, -0.05) is 20.3 Å². The van der Waals surface area contributed by atoms with Crippen molar-refractivity contribution in [1.29, 1.82) is 0 Å². The van der Waals surface area contributed by atoms with Crippen molar-refractivity contribution in [3.05, 3.63) is 0 Å². The van der Waals surface area contributed by atoms with E-state index in [9.17, 15) is 14.4 Å². The molecular weight excluding hydrogens is 248 g/mol. The van der Waals surface area contributed by atoms with Crippen LogP contribution in [0.15, 0.2) is 0 Å². The summed E-state index contributed by atoms with van der Waals surface area (Å²) in [7, 11) is 0. The molecule has 1 atom stereocenters. The molecule has 1 saturated carbocycles. The number of aliphatic carboxylic acids is 1. The first-order valence-electron chi connectivity index (χ1n) is 6.62. The van der Waals surface area contributed by atoms with Gasteiger partial charge in [-0.15, -0.1) is 0 Å². The first kappa shape index (κ1) is 13.8. The highest BCUT2D eigenvalue weighted by molar-refractivity contribution is 6.08. The molecule has 2 N–H and O–H groups in total. The number of hydrogen-bond acceptors (Lipinski definition) is 3. The number of rotatable bonds is 2. The third-order valence-corrected chi connectivity index (χ3v) is 4.22. The SMILES string of the molecule is CC1(C)CCCC2(CC1)NC(=O)N(CC(=O)O)C2=O. The van der Waals surface area contributed by atoms with E-state index in [1.54, 1.807) is 0 Å². The highest BCUT2D eigenvalue weighted by Gasteiger charge is 2.52. The molecule has 0 aromatic heterocycles. The number of nitrogens with one attached hydrogen (secondary N) is 1. The first-order valence-corrected chi connectivity index (χ1v) is 6.62. The van der Waals surface area contributed by atoms with Crippen molar-refractivity contribution in [3.8, 4) is 0 Å². The van der Waals surface area contributed by atoms with E-state index in [0.29, 0.717) is 12.8 Å². The smallest absolute Gasteiger partial charge is 0.325 e. The molecule has 0 aromatic carbocycles. The predicted octanol–water partition coefficient (Wildman–Crippen LogP) is 1.35. The van der Waals surface area contributed by atoms with Crippen LogP contribution in [0, 0.1) is 5.41 Å². The maximum absolute atomic E-state index is 12.4. The molecule has 1 spiro atoms. The average molecular weight is 268 g/mol. The van der Waals surface area contributed by atoms with Crippen molar-refractivity contribution in [2.75, 3.05) is 6.54 Å². The van der Waals surface area contributed by atoms with Crippen LogP contribution in [0.3, 0.4) is 0 Å². The summed E-state index contributed by atoms with van der Waals surface area (Å²) in [6.07, 6.45) is 3.90. The van der Waals surface area contributed by atoms with E-state index < -0.39 is 24.1 Å². The van der Waals surface area contributed by atoms with Gasteiger partial charge in [0, 0.05) is 0 Å². The maximum atomic E-state index is 12.4. The Hall–Kier alpha value is -1.59. The van der Waals surface area contributed by atoms with Crippen LogP contribution in [0.1, 0.15) is 46.0 Å². The van der Waals surface area contributed by atoms with Crippen LogP contribution in [0.2, 0.25) is 0 Å². The van der Waals surface area contributed by atoms with Crippen LogP contribution in [0.25, 0.3) is 0 Å². The summed E-state index contributed by atoms with van der Waals surface area (Å²) >= 11 is 0. The molecule has 2 fully saturated rings. The van der Waals surface area contributed by atoms with Gasteiger partial charge in [-0.2, -0.15) is 0 Å². The van der Waals surface area contributed by atoms with E-state index in [2.05, 4.69) is 19.2 Å². The normalized spacial score (nSPS) is 30.3. The molecule has 0 radical (unpaired) electrons. The summed E-state index contributed by atoms with van der Waals surface area (Å²) in [5.41, 5.74) is -0.713. The number of hydrogen-bond donors (Lipinski definition) is 2. The second kappa shape index (κ2) is 4.51. The minimum absolute atomic E-state index is 0.161. The highest BCUT2D eigenvalue weighted by Crippen LogP contribution is 2.40. The zero-order valence-electron chi connectivity index (χ0n) is 11.4. The number of carbonyl (C=O) groups excluding carboxylic acids is 2. The van der Waals surface area contributed by atoms with Crippen LogP contribution >= 0.6 is 0 Å². The molecule has 106 valence electrons. The van der Waals surface area contributed by atoms with Gasteiger partial charge in [0.15, 0.2) is 0 Å². The number of imide groups is 1. The van der Waals surface area contributed by atoms with E-state index in [4.69, 9.17) is 5.11 Å². The van der Waals surface area contributed by atoms with Gasteiger partial charge in [-0.05, 0) is 31.1 Å². The van der Waals surface area contributed by atoms with Crippen molar-refractivity contribution in [3.63, 3.8) is 0 Å². The first-order chi connectivity index (χ1) is 8.76. The molecule has 2 aliphatic rings. The molecular formula is C13H20N2O4. The standard InChI is InChI=1S/C13H20N2O4/c1-12(2)4-3-5-13(7-6-12)10(18)15(8-9(16)17)11(19)14-13/h3-8H2,1-2H3,(H,14,19)(H,16,17). The van der Waals surface area contributed by atoms with Gasteiger partial charge in [0.2, 0.25) is 0 Å². The van der Waals surface area contributed by atoms with Gasteiger partial charge in [-0.25, -0.2) is 4.79 Å². The Labute approximate surface area is 112 Å². The van der Waals surface area contributed by atoms with E-state index in [0.717, 1.165) is 24.2 Å². The number of amides is 3. The summed E-state index contributed by atoms with van der Waals surface area (Å²) in [4.78, 5) is 35.7. The zero-order valence-corrected chi connectivity index (χ0v) is 11.4. The Morgan fingerprint density at radius 2 is 1.95 bits per heavy atom. The lowest BCUT2D eigenvalue weighted by atomic mass is 9.83. The number of carboxylic acid groups (broad SMARTS) is 1. The molecule has 1 aliphatic heterocycles. The maximum Gasteiger partial charge on any atom is 0.325 e. The van der Waals surface area contributed by atoms with Crippen LogP contribution in [0.5, 0.6) is 0 Å². The van der Waals surface area contributed by atoms with E-state index >= 15 is 0 Å². The van der Waals surface area contributed by atoms with Gasteiger partial charge in [0.05, 0.1) is 0 Å². The van der Waals surface area contributed by atoms with Gasteiger partial charge < -0.3 is 10.4 Å². The lowest BCUT2D eigenvalue weighted by Crippen LogP contribution is -2.47. The molecule has 1 saturated heterocycles. The third kappa shape index (κ3) is 2.57. The van der Waals surface area contributed by atoms with Crippen molar-refractivity contribution in [1.82, 2.24) is 10.2 Å². The van der Waals surface area contributed by atoms with Crippen molar-refractivity contribution in [2.45, 2.75) is 51.5 Å². The Morgan fingerprint density at radius 1 is 1.26 bits per heavy atom. The second-order valence-corrected chi connectivity index (χ2v) is 6.32. The summed E-state index contributed by atoms with van der Waals surface area (Å²) in [6, 6.07) is -0.577. The summed E-state index contributed by atoms with van der Waals surface area (Å²) < 4.78 is 0. The van der Waals surface area contributed by atoms with Gasteiger partial charge >= 0.3 is 12.0 Å². The fraction of sp³-hybridized carbons (Fsp3) is 0.769. The zero-order chi connectivity index (χ0) is 14.3. The second-order valence-electron chi connectivity index (χ2n) is 6.32. The Morgan fingerprint density at radius 3 is 2.58 bits per heavy atom. The molecule has 3 amide bonds. The van der Waals surface area contributed by atoms with Crippen molar-refractivity contribution >= 4 is 17.9 Å². The molecule has 6 nitrogen and oxygen atoms in total. The third-order valence-electron chi connectivity index (χ3n) is 4.22. The minimum atomic E-state index is -1.17. The molecule has 0 aromatic rings. The molecule has 1 unspecified atom stereocenters. The fourth-order valence-corrected chi connectivity index (χ4v) is 2.96. The molecule has 1 heterocycles. The predicted molar refractivity (Wildman–Crippen MR) is 67.5 cm³/mol. The van der Waals surface area contributed by atoms with Gasteiger partial charge in [-0.3, -0.25) is 14.5 Å². The number of carbonyl (C=O) groups is 3. The fourth-order valence-electron chi connectivity index (χ4n) is 2.96. The average Bonchev–Trinajstić information content (AvgIpc) is 2.45. The van der Waals surface area contributed by atoms with Gasteiger partial charge in [0.1, 0.15) is 12.1 Å². The Balaban J connectivity index is 2.19. The molecule has 6 heteroatoms. The lowest BCUT2D eigenvalue weighted by Gasteiger charge is -2.26. The van der Waals surface area contributed by atoms with Gasteiger partial charge in [0.25, 0.3) is 5.91 Å². The molecule has 1 aliphatic carbocycles. The molecule has 19 heavy (non-hydrogen) atoms. The summed E-state index contributed by atoms with van der Waals surface area (Å²) in [6.45, 7) is 3.75. The molecule has 2 rings (SSSR count). The topological polar surface area (TPSA) is 86.7 Å². The van der Waals surface area contributed by atoms with E-state index in [1.807, 2.05) is 0 Å². The number of carboxylic acids is 1. The Bertz CT molecular complexity index is 432. The van der Waals surface area contributed by atoms with Crippen molar-refractivity contribution < 1.29 is 19.5 Å². The Kier molecular flexibility index (Phi) is 3.28. The number of urea groups is 1. The van der Waals surface area contributed by atoms with Crippen molar-refractivity contribution in [2.24, 2.45) is 5.41 Å². The lowest BCUT2D eigenvalue weighted by molar-refractivity contribution is -0.143. The summed E-state index contributed by atoms with van der Waals surface area (Å²) in [5.74, 6) is -1.55. The highest BCUT2D eigenvalue weighted by atomic mass is 16.4. The van der Waals surface area contributed by atoms with Crippen LogP contribution in [-0.2, 0) is 9.59 Å². The van der Waals surface area contributed by atoms with Crippen LogP contribution < -0.4 is 5.32 Å².